The van der Waals surface area contributed by atoms with Crippen molar-refractivity contribution in [2.24, 2.45) is 11.8 Å². The molecule has 0 saturated carbocycles. The Morgan fingerprint density at radius 2 is 1.86 bits per heavy atom. The van der Waals surface area contributed by atoms with Crippen LogP contribution < -0.4 is 0 Å². The Kier molecular flexibility index (Phi) is 4.88. The number of sulfonamides is 1. The number of carbonyl (C=O) groups excluding carboxylic acids is 2. The fraction of sp³-hybridized carbons (Fsp3) is 0.846. The Hall–Kier alpha value is -1.15. The maximum absolute atomic E-state index is 12.3. The maximum Gasteiger partial charge on any atom is 0.310 e. The second kappa shape index (κ2) is 6.31. The molecule has 1 amide bonds. The fourth-order valence-corrected chi connectivity index (χ4v) is 3.65. The molecule has 2 saturated heterocycles. The molecule has 0 bridgehead atoms. The summed E-state index contributed by atoms with van der Waals surface area (Å²) < 4.78 is 28.9. The zero-order valence-corrected chi connectivity index (χ0v) is 13.3. The van der Waals surface area contributed by atoms with Crippen LogP contribution in [0.25, 0.3) is 0 Å². The molecule has 0 spiro atoms. The van der Waals surface area contributed by atoms with Gasteiger partial charge in [0.05, 0.1) is 24.7 Å². The molecule has 2 aliphatic heterocycles. The topological polar surface area (TPSA) is 84.0 Å². The lowest BCUT2D eigenvalue weighted by Crippen LogP contribution is -2.57. The number of ether oxygens (including phenoxy) is 1. The van der Waals surface area contributed by atoms with E-state index in [-0.39, 0.29) is 36.8 Å². The Morgan fingerprint density at radius 1 is 1.19 bits per heavy atom. The third kappa shape index (κ3) is 3.74. The van der Waals surface area contributed by atoms with Crippen LogP contribution >= 0.6 is 0 Å². The summed E-state index contributed by atoms with van der Waals surface area (Å²) in [4.78, 5) is 25.8. The van der Waals surface area contributed by atoms with Crippen LogP contribution in [0.1, 0.15) is 19.8 Å². The molecule has 120 valence electrons. The van der Waals surface area contributed by atoms with Crippen LogP contribution in [0.3, 0.4) is 0 Å². The number of amides is 1. The number of hydrogen-bond donors (Lipinski definition) is 0. The number of rotatable bonds is 4. The fourth-order valence-electron chi connectivity index (χ4n) is 2.75. The van der Waals surface area contributed by atoms with Crippen LogP contribution in [0.2, 0.25) is 0 Å². The van der Waals surface area contributed by atoms with Crippen LogP contribution in [0.5, 0.6) is 0 Å². The molecule has 1 unspecified atom stereocenters. The van der Waals surface area contributed by atoms with Gasteiger partial charge in [0.25, 0.3) is 0 Å². The highest BCUT2D eigenvalue weighted by atomic mass is 32.2. The quantitative estimate of drug-likeness (QED) is 0.663. The Bertz CT molecular complexity index is 513. The summed E-state index contributed by atoms with van der Waals surface area (Å²) in [5.74, 6) is -0.834. The van der Waals surface area contributed by atoms with E-state index in [9.17, 15) is 18.0 Å². The van der Waals surface area contributed by atoms with Crippen molar-refractivity contribution in [1.82, 2.24) is 9.21 Å². The van der Waals surface area contributed by atoms with Crippen LogP contribution in [-0.2, 0) is 24.3 Å². The lowest BCUT2D eigenvalue weighted by atomic mass is 9.95. The molecule has 2 fully saturated rings. The zero-order valence-electron chi connectivity index (χ0n) is 12.4. The van der Waals surface area contributed by atoms with Crippen molar-refractivity contribution in [2.45, 2.75) is 19.8 Å². The van der Waals surface area contributed by atoms with Gasteiger partial charge in [0, 0.05) is 26.2 Å². The van der Waals surface area contributed by atoms with Crippen LogP contribution in [0.4, 0.5) is 0 Å². The van der Waals surface area contributed by atoms with Crippen LogP contribution in [0, 0.1) is 11.8 Å². The summed E-state index contributed by atoms with van der Waals surface area (Å²) in [6.07, 6.45) is 2.66. The van der Waals surface area contributed by atoms with Gasteiger partial charge in [-0.05, 0) is 19.8 Å². The molecule has 1 atom stereocenters. The van der Waals surface area contributed by atoms with Crippen LogP contribution in [-0.4, -0.2) is 68.5 Å². The van der Waals surface area contributed by atoms with Gasteiger partial charge >= 0.3 is 5.97 Å². The third-order valence-electron chi connectivity index (χ3n) is 4.02. The van der Waals surface area contributed by atoms with E-state index in [1.165, 1.54) is 4.31 Å². The minimum absolute atomic E-state index is 0.0519. The molecule has 0 aliphatic carbocycles. The third-order valence-corrected chi connectivity index (χ3v) is 5.26. The summed E-state index contributed by atoms with van der Waals surface area (Å²) in [5, 5.41) is 0. The number of hydrogen-bond acceptors (Lipinski definition) is 5. The molecule has 0 aromatic heterocycles. The van der Waals surface area contributed by atoms with E-state index < -0.39 is 10.0 Å². The first-order valence-corrected chi connectivity index (χ1v) is 9.08. The van der Waals surface area contributed by atoms with Gasteiger partial charge in [-0.1, -0.05) is 0 Å². The monoisotopic (exact) mass is 318 g/mol. The minimum Gasteiger partial charge on any atom is -0.466 e. The van der Waals surface area contributed by atoms with Crippen molar-refractivity contribution >= 4 is 21.9 Å². The van der Waals surface area contributed by atoms with E-state index in [4.69, 9.17) is 4.74 Å². The van der Waals surface area contributed by atoms with Crippen LogP contribution in [0.15, 0.2) is 0 Å². The van der Waals surface area contributed by atoms with Crippen molar-refractivity contribution in [1.29, 1.82) is 0 Å². The first-order chi connectivity index (χ1) is 9.82. The molecule has 7 nitrogen and oxygen atoms in total. The van der Waals surface area contributed by atoms with E-state index in [0.717, 1.165) is 19.1 Å². The molecular formula is C13H22N2O5S. The predicted octanol–water partition coefficient (Wildman–Crippen LogP) is -0.320. The first-order valence-electron chi connectivity index (χ1n) is 7.23. The Balaban J connectivity index is 1.88. The molecule has 0 aromatic rings. The maximum atomic E-state index is 12.3. The average Bonchev–Trinajstić information content (AvgIpc) is 2.35. The molecule has 2 aliphatic rings. The van der Waals surface area contributed by atoms with E-state index >= 15 is 0 Å². The smallest absolute Gasteiger partial charge is 0.310 e. The standard InChI is InChI=1S/C13H22N2O5S/c1-3-20-13(17)10-5-4-6-14(7-10)12(16)11-8-15(9-11)21(2,18)19/h10-11H,3-9H2,1-2H3. The zero-order chi connectivity index (χ0) is 15.6. The minimum atomic E-state index is -3.21. The van der Waals surface area contributed by atoms with E-state index in [1.807, 2.05) is 0 Å². The SMILES string of the molecule is CCOC(=O)C1CCCN(C(=O)C2CN(S(C)(=O)=O)C2)C1. The number of likely N-dealkylation sites (tertiary alicyclic amines) is 1. The normalized spacial score (nSPS) is 24.5. The summed E-state index contributed by atoms with van der Waals surface area (Å²) in [6, 6.07) is 0. The highest BCUT2D eigenvalue weighted by Crippen LogP contribution is 2.24. The Morgan fingerprint density at radius 3 is 2.43 bits per heavy atom. The van der Waals surface area contributed by atoms with Gasteiger partial charge in [0.1, 0.15) is 0 Å². The van der Waals surface area contributed by atoms with Gasteiger partial charge in [-0.15, -0.1) is 0 Å². The summed E-state index contributed by atoms with van der Waals surface area (Å²) in [5.41, 5.74) is 0. The van der Waals surface area contributed by atoms with Gasteiger partial charge in [-0.25, -0.2) is 12.7 Å². The van der Waals surface area contributed by atoms with Crippen molar-refractivity contribution in [2.75, 3.05) is 39.0 Å². The lowest BCUT2D eigenvalue weighted by molar-refractivity contribution is -0.152. The molecule has 0 radical (unpaired) electrons. The van der Waals surface area contributed by atoms with E-state index in [0.29, 0.717) is 19.7 Å². The molecule has 21 heavy (non-hydrogen) atoms. The molecular weight excluding hydrogens is 296 g/mol. The Labute approximate surface area is 125 Å². The van der Waals surface area contributed by atoms with Gasteiger partial charge < -0.3 is 9.64 Å². The molecule has 0 N–H and O–H groups in total. The van der Waals surface area contributed by atoms with Crippen molar-refractivity contribution in [3.05, 3.63) is 0 Å². The number of piperidine rings is 1. The average molecular weight is 318 g/mol. The summed E-state index contributed by atoms with van der Waals surface area (Å²) >= 11 is 0. The van der Waals surface area contributed by atoms with E-state index in [2.05, 4.69) is 0 Å². The van der Waals surface area contributed by atoms with Crippen molar-refractivity contribution < 1.29 is 22.7 Å². The number of esters is 1. The second-order valence-electron chi connectivity index (χ2n) is 5.65. The summed E-state index contributed by atoms with van der Waals surface area (Å²) in [7, 11) is -3.21. The van der Waals surface area contributed by atoms with Gasteiger partial charge in [0.15, 0.2) is 0 Å². The molecule has 2 heterocycles. The number of nitrogens with zero attached hydrogens (tertiary/aromatic N) is 2. The largest absolute Gasteiger partial charge is 0.466 e. The lowest BCUT2D eigenvalue weighted by Gasteiger charge is -2.40. The summed E-state index contributed by atoms with van der Waals surface area (Å²) in [6.45, 7) is 3.61. The molecule has 2 rings (SSSR count). The molecule has 0 aromatic carbocycles. The van der Waals surface area contributed by atoms with Gasteiger partial charge in [-0.2, -0.15) is 0 Å². The predicted molar refractivity (Wildman–Crippen MR) is 75.8 cm³/mol. The number of carbonyl (C=O) groups is 2. The first kappa shape index (κ1) is 16.2. The second-order valence-corrected chi connectivity index (χ2v) is 7.63. The van der Waals surface area contributed by atoms with E-state index in [1.54, 1.807) is 11.8 Å². The highest BCUT2D eigenvalue weighted by molar-refractivity contribution is 7.88. The van der Waals surface area contributed by atoms with Gasteiger partial charge in [0.2, 0.25) is 15.9 Å². The molecule has 8 heteroatoms. The highest BCUT2D eigenvalue weighted by Gasteiger charge is 2.41. The van der Waals surface area contributed by atoms with Crippen molar-refractivity contribution in [3.8, 4) is 0 Å². The van der Waals surface area contributed by atoms with Gasteiger partial charge in [-0.3, -0.25) is 9.59 Å². The van der Waals surface area contributed by atoms with Crippen molar-refractivity contribution in [3.63, 3.8) is 0 Å².